The van der Waals surface area contributed by atoms with Crippen LogP contribution in [-0.2, 0) is 13.0 Å². The number of halogens is 1. The molecule has 0 amide bonds. The van der Waals surface area contributed by atoms with Gasteiger partial charge in [0.25, 0.3) is 0 Å². The molecule has 2 heterocycles. The van der Waals surface area contributed by atoms with E-state index in [2.05, 4.69) is 37.6 Å². The van der Waals surface area contributed by atoms with Crippen LogP contribution in [0.4, 0.5) is 0 Å². The topological polar surface area (TPSA) is 43.8 Å². The van der Waals surface area contributed by atoms with Gasteiger partial charge in [-0.05, 0) is 41.4 Å². The van der Waals surface area contributed by atoms with Crippen molar-refractivity contribution in [1.82, 2.24) is 9.55 Å². The third kappa shape index (κ3) is 2.72. The highest BCUT2D eigenvalue weighted by molar-refractivity contribution is 9.11. The van der Waals surface area contributed by atoms with Crippen molar-refractivity contribution < 1.29 is 0 Å². The van der Waals surface area contributed by atoms with Crippen molar-refractivity contribution in [1.29, 1.82) is 0 Å². The molecule has 0 aliphatic rings. The number of imidazole rings is 1. The molecule has 16 heavy (non-hydrogen) atoms. The van der Waals surface area contributed by atoms with Gasteiger partial charge >= 0.3 is 0 Å². The lowest BCUT2D eigenvalue weighted by Gasteiger charge is -2.09. The average molecular weight is 300 g/mol. The molecule has 0 fully saturated rings. The van der Waals surface area contributed by atoms with Gasteiger partial charge in [-0.1, -0.05) is 0 Å². The molecule has 0 aromatic carbocycles. The summed E-state index contributed by atoms with van der Waals surface area (Å²) in [5.41, 5.74) is 6.96. The number of nitrogens with two attached hydrogens (primary N) is 1. The molecule has 5 heteroatoms. The maximum absolute atomic E-state index is 5.87. The summed E-state index contributed by atoms with van der Waals surface area (Å²) >= 11 is 5.24. The van der Waals surface area contributed by atoms with Gasteiger partial charge in [0.2, 0.25) is 0 Å². The van der Waals surface area contributed by atoms with Crippen LogP contribution in [-0.4, -0.2) is 9.55 Å². The van der Waals surface area contributed by atoms with E-state index in [1.165, 1.54) is 8.66 Å². The molecule has 2 aromatic rings. The van der Waals surface area contributed by atoms with E-state index in [-0.39, 0.29) is 6.04 Å². The molecule has 86 valence electrons. The zero-order valence-electron chi connectivity index (χ0n) is 9.06. The van der Waals surface area contributed by atoms with Gasteiger partial charge < -0.3 is 10.3 Å². The van der Waals surface area contributed by atoms with Gasteiger partial charge in [-0.25, -0.2) is 4.98 Å². The fourth-order valence-electron chi connectivity index (χ4n) is 1.61. The van der Waals surface area contributed by atoms with E-state index in [4.69, 9.17) is 5.73 Å². The van der Waals surface area contributed by atoms with Crippen LogP contribution < -0.4 is 5.73 Å². The zero-order valence-corrected chi connectivity index (χ0v) is 11.5. The third-order valence-electron chi connectivity index (χ3n) is 2.44. The molecule has 2 rings (SSSR count). The molecule has 2 N–H and O–H groups in total. The van der Waals surface area contributed by atoms with Crippen LogP contribution in [0.25, 0.3) is 0 Å². The first-order chi connectivity index (χ1) is 7.66. The van der Waals surface area contributed by atoms with E-state index in [0.717, 1.165) is 18.7 Å². The van der Waals surface area contributed by atoms with E-state index in [9.17, 15) is 0 Å². The smallest absolute Gasteiger partial charge is 0.0948 e. The summed E-state index contributed by atoms with van der Waals surface area (Å²) in [4.78, 5) is 5.51. The van der Waals surface area contributed by atoms with Crippen LogP contribution >= 0.6 is 27.3 Å². The Kier molecular flexibility index (Phi) is 3.78. The standard InChI is InChI=1S/C11H14BrN3S/c1-8(13)10-6-14-7-15(10)5-4-9-2-3-11(12)16-9/h2-3,6-8H,4-5,13H2,1H3. The van der Waals surface area contributed by atoms with Crippen LogP contribution in [0.15, 0.2) is 28.4 Å². The molecule has 2 aromatic heterocycles. The molecular weight excluding hydrogens is 286 g/mol. The summed E-state index contributed by atoms with van der Waals surface area (Å²) in [6.45, 7) is 2.92. The Morgan fingerprint density at radius 3 is 3.00 bits per heavy atom. The highest BCUT2D eigenvalue weighted by atomic mass is 79.9. The predicted octanol–water partition coefficient (Wildman–Crippen LogP) is 2.97. The first kappa shape index (κ1) is 11.8. The van der Waals surface area contributed by atoms with Gasteiger partial charge in [0.15, 0.2) is 0 Å². The van der Waals surface area contributed by atoms with Crippen molar-refractivity contribution in [2.45, 2.75) is 25.9 Å². The maximum Gasteiger partial charge on any atom is 0.0948 e. The van der Waals surface area contributed by atoms with Crippen molar-refractivity contribution in [3.63, 3.8) is 0 Å². The fourth-order valence-corrected chi connectivity index (χ4v) is 3.09. The Labute approximate surface area is 107 Å². The van der Waals surface area contributed by atoms with Crippen molar-refractivity contribution in [2.24, 2.45) is 5.73 Å². The predicted molar refractivity (Wildman–Crippen MR) is 70.6 cm³/mol. The van der Waals surface area contributed by atoms with E-state index < -0.39 is 0 Å². The number of aromatic nitrogens is 2. The first-order valence-electron chi connectivity index (χ1n) is 5.16. The number of rotatable bonds is 4. The Morgan fingerprint density at radius 1 is 1.56 bits per heavy atom. The molecule has 0 aliphatic carbocycles. The quantitative estimate of drug-likeness (QED) is 0.943. The molecule has 1 atom stereocenters. The molecule has 0 spiro atoms. The van der Waals surface area contributed by atoms with Crippen molar-refractivity contribution >= 4 is 27.3 Å². The summed E-state index contributed by atoms with van der Waals surface area (Å²) in [5, 5.41) is 0. The minimum Gasteiger partial charge on any atom is -0.333 e. The number of thiophene rings is 1. The molecule has 0 bridgehead atoms. The van der Waals surface area contributed by atoms with Crippen LogP contribution in [0.3, 0.4) is 0 Å². The Hall–Kier alpha value is -0.650. The van der Waals surface area contributed by atoms with Crippen LogP contribution in [0.2, 0.25) is 0 Å². The summed E-state index contributed by atoms with van der Waals surface area (Å²) in [7, 11) is 0. The van der Waals surface area contributed by atoms with Crippen LogP contribution in [0.1, 0.15) is 23.5 Å². The van der Waals surface area contributed by atoms with Gasteiger partial charge in [0, 0.05) is 23.7 Å². The molecule has 0 saturated heterocycles. The first-order valence-corrected chi connectivity index (χ1v) is 6.77. The van der Waals surface area contributed by atoms with Gasteiger partial charge in [-0.3, -0.25) is 0 Å². The largest absolute Gasteiger partial charge is 0.333 e. The molecule has 0 saturated carbocycles. The lowest BCUT2D eigenvalue weighted by molar-refractivity contribution is 0.627. The van der Waals surface area contributed by atoms with Crippen molar-refractivity contribution in [3.05, 3.63) is 39.0 Å². The number of nitrogens with zero attached hydrogens (tertiary/aromatic N) is 2. The normalized spacial score (nSPS) is 12.9. The van der Waals surface area contributed by atoms with Crippen molar-refractivity contribution in [2.75, 3.05) is 0 Å². The third-order valence-corrected chi connectivity index (χ3v) is 4.12. The lowest BCUT2D eigenvalue weighted by Crippen LogP contribution is -2.12. The summed E-state index contributed by atoms with van der Waals surface area (Å²) in [6.07, 6.45) is 4.71. The van der Waals surface area contributed by atoms with Gasteiger partial charge in [-0.15, -0.1) is 11.3 Å². The van der Waals surface area contributed by atoms with Gasteiger partial charge in [-0.2, -0.15) is 0 Å². The summed E-state index contributed by atoms with van der Waals surface area (Å²) in [5.74, 6) is 0. The summed E-state index contributed by atoms with van der Waals surface area (Å²) < 4.78 is 3.30. The van der Waals surface area contributed by atoms with E-state index >= 15 is 0 Å². The SMILES string of the molecule is CC(N)c1cncn1CCc1ccc(Br)s1. The lowest BCUT2D eigenvalue weighted by atomic mass is 10.2. The van der Waals surface area contributed by atoms with E-state index in [0.29, 0.717) is 0 Å². The van der Waals surface area contributed by atoms with Gasteiger partial charge in [0.05, 0.1) is 15.8 Å². The second kappa shape index (κ2) is 5.12. The molecule has 0 aliphatic heterocycles. The Balaban J connectivity index is 2.02. The highest BCUT2D eigenvalue weighted by Crippen LogP contribution is 2.23. The van der Waals surface area contributed by atoms with E-state index in [1.54, 1.807) is 11.3 Å². The molecular formula is C11H14BrN3S. The Morgan fingerprint density at radius 2 is 2.38 bits per heavy atom. The molecule has 1 unspecified atom stereocenters. The van der Waals surface area contributed by atoms with Crippen molar-refractivity contribution in [3.8, 4) is 0 Å². The zero-order chi connectivity index (χ0) is 11.5. The molecule has 0 radical (unpaired) electrons. The van der Waals surface area contributed by atoms with Crippen LogP contribution in [0.5, 0.6) is 0 Å². The fraction of sp³-hybridized carbons (Fsp3) is 0.364. The number of hydrogen-bond acceptors (Lipinski definition) is 3. The Bertz CT molecular complexity index is 461. The summed E-state index contributed by atoms with van der Waals surface area (Å²) in [6, 6.07) is 4.27. The van der Waals surface area contributed by atoms with Crippen LogP contribution in [0, 0.1) is 0 Å². The second-order valence-electron chi connectivity index (χ2n) is 3.76. The molecule has 3 nitrogen and oxygen atoms in total. The number of hydrogen-bond donors (Lipinski definition) is 1. The second-order valence-corrected chi connectivity index (χ2v) is 6.30. The number of aryl methyl sites for hydroxylation is 2. The van der Waals surface area contributed by atoms with E-state index in [1.807, 2.05) is 19.4 Å². The minimum absolute atomic E-state index is 0.0394. The monoisotopic (exact) mass is 299 g/mol. The average Bonchev–Trinajstić information content (AvgIpc) is 2.83. The van der Waals surface area contributed by atoms with Gasteiger partial charge in [0.1, 0.15) is 0 Å². The highest BCUT2D eigenvalue weighted by Gasteiger charge is 2.06. The minimum atomic E-state index is 0.0394. The maximum atomic E-state index is 5.87.